The van der Waals surface area contributed by atoms with Crippen molar-refractivity contribution in [3.63, 3.8) is 0 Å². The lowest BCUT2D eigenvalue weighted by Crippen LogP contribution is -2.56. The van der Waals surface area contributed by atoms with Crippen molar-refractivity contribution in [2.75, 3.05) is 5.75 Å². The number of nitrogens with one attached hydrogen (secondary N) is 1. The van der Waals surface area contributed by atoms with E-state index in [9.17, 15) is 4.79 Å². The first-order chi connectivity index (χ1) is 14.5. The zero-order valence-electron chi connectivity index (χ0n) is 18.0. The van der Waals surface area contributed by atoms with Gasteiger partial charge in [-0.3, -0.25) is 4.79 Å². The highest BCUT2D eigenvalue weighted by molar-refractivity contribution is 7.99. The summed E-state index contributed by atoms with van der Waals surface area (Å²) < 4.78 is 2.01. The number of hydrogen-bond donors (Lipinski definition) is 1. The lowest BCUT2D eigenvalue weighted by molar-refractivity contribution is -0.123. The zero-order valence-corrected chi connectivity index (χ0v) is 18.8. The molecule has 30 heavy (non-hydrogen) atoms. The van der Waals surface area contributed by atoms with Crippen LogP contribution in [0.3, 0.4) is 0 Å². The molecule has 0 aliphatic heterocycles. The Hall–Kier alpha value is -1.82. The van der Waals surface area contributed by atoms with Gasteiger partial charge in [-0.2, -0.15) is 0 Å². The second-order valence-corrected chi connectivity index (χ2v) is 10.9. The van der Waals surface area contributed by atoms with Crippen molar-refractivity contribution in [3.8, 4) is 0 Å². The van der Waals surface area contributed by atoms with Crippen molar-refractivity contribution < 1.29 is 4.79 Å². The van der Waals surface area contributed by atoms with Gasteiger partial charge in [-0.25, -0.2) is 0 Å². The molecule has 1 aromatic carbocycles. The molecule has 0 radical (unpaired) electrons. The van der Waals surface area contributed by atoms with Gasteiger partial charge in [-0.1, -0.05) is 42.1 Å². The van der Waals surface area contributed by atoms with E-state index < -0.39 is 0 Å². The average molecular weight is 425 g/mol. The van der Waals surface area contributed by atoms with Gasteiger partial charge < -0.3 is 9.88 Å². The van der Waals surface area contributed by atoms with Crippen LogP contribution in [-0.2, 0) is 18.3 Å². The molecule has 4 saturated carbocycles. The molecule has 4 fully saturated rings. The van der Waals surface area contributed by atoms with Crippen molar-refractivity contribution >= 4 is 17.7 Å². The molecule has 6 heteroatoms. The summed E-state index contributed by atoms with van der Waals surface area (Å²) in [7, 11) is 1.98. The zero-order chi connectivity index (χ0) is 20.7. The molecule has 5 nitrogen and oxygen atoms in total. The van der Waals surface area contributed by atoms with Crippen LogP contribution < -0.4 is 5.32 Å². The highest BCUT2D eigenvalue weighted by Crippen LogP contribution is 2.61. The normalized spacial score (nSPS) is 30.4. The highest BCUT2D eigenvalue weighted by atomic mass is 32.2. The van der Waals surface area contributed by atoms with Gasteiger partial charge in [-0.15, -0.1) is 10.2 Å². The van der Waals surface area contributed by atoms with Crippen molar-refractivity contribution in [1.29, 1.82) is 0 Å². The molecule has 1 amide bonds. The Balaban J connectivity index is 1.16. The Morgan fingerprint density at radius 2 is 1.77 bits per heavy atom. The first kappa shape index (κ1) is 20.1. The van der Waals surface area contributed by atoms with Crippen LogP contribution in [0.5, 0.6) is 0 Å². The molecule has 0 unspecified atom stereocenters. The Kier molecular flexibility index (Phi) is 5.38. The van der Waals surface area contributed by atoms with Gasteiger partial charge in [0.2, 0.25) is 5.91 Å². The minimum absolute atomic E-state index is 0.121. The number of thioether (sulfide) groups is 1. The van der Waals surface area contributed by atoms with E-state index in [1.165, 1.54) is 55.9 Å². The summed E-state index contributed by atoms with van der Waals surface area (Å²) in [6.07, 6.45) is 9.02. The first-order valence-corrected chi connectivity index (χ1v) is 12.3. The second kappa shape index (κ2) is 8.03. The average Bonchev–Trinajstić information content (AvgIpc) is 3.05. The summed E-state index contributed by atoms with van der Waals surface area (Å²) in [5.74, 6) is 4.17. The molecule has 1 heterocycles. The summed E-state index contributed by atoms with van der Waals surface area (Å²) in [6, 6.07) is 10.6. The maximum atomic E-state index is 12.7. The predicted octanol–water partition coefficient (Wildman–Crippen LogP) is 4.22. The molecule has 4 aliphatic carbocycles. The monoisotopic (exact) mass is 424 g/mol. The van der Waals surface area contributed by atoms with Crippen LogP contribution in [-0.4, -0.2) is 32.5 Å². The molecule has 4 aliphatic rings. The van der Waals surface area contributed by atoms with Crippen LogP contribution in [0.2, 0.25) is 0 Å². The van der Waals surface area contributed by atoms with E-state index in [2.05, 4.69) is 34.6 Å². The summed E-state index contributed by atoms with van der Waals surface area (Å²) in [6.45, 7) is 2.25. The summed E-state index contributed by atoms with van der Waals surface area (Å²) in [4.78, 5) is 12.7. The number of carbonyl (C=O) groups is 1. The van der Waals surface area contributed by atoms with Gasteiger partial charge in [0.1, 0.15) is 5.82 Å². The smallest absolute Gasteiger partial charge is 0.230 e. The van der Waals surface area contributed by atoms with Crippen molar-refractivity contribution in [3.05, 3.63) is 41.7 Å². The predicted molar refractivity (Wildman–Crippen MR) is 119 cm³/mol. The van der Waals surface area contributed by atoms with Gasteiger partial charge in [0, 0.05) is 19.5 Å². The third-order valence-electron chi connectivity index (χ3n) is 7.84. The van der Waals surface area contributed by atoms with Crippen LogP contribution >= 0.6 is 11.8 Å². The van der Waals surface area contributed by atoms with Crippen molar-refractivity contribution in [2.24, 2.45) is 30.2 Å². The minimum Gasteiger partial charge on any atom is -0.352 e. The maximum absolute atomic E-state index is 12.7. The molecule has 1 atom stereocenters. The minimum atomic E-state index is 0.121. The topological polar surface area (TPSA) is 59.8 Å². The molecule has 0 spiro atoms. The molecular formula is C24H32N4OS. The van der Waals surface area contributed by atoms with Crippen LogP contribution in [0, 0.1) is 23.2 Å². The summed E-state index contributed by atoms with van der Waals surface area (Å²) in [5, 5.41) is 12.8. The van der Waals surface area contributed by atoms with Crippen molar-refractivity contribution in [2.45, 2.75) is 63.1 Å². The van der Waals surface area contributed by atoms with Crippen LogP contribution in [0.25, 0.3) is 0 Å². The fourth-order valence-corrected chi connectivity index (χ4v) is 7.42. The Morgan fingerprint density at radius 3 is 2.40 bits per heavy atom. The summed E-state index contributed by atoms with van der Waals surface area (Å²) >= 11 is 1.48. The number of nitrogens with zero attached hydrogens (tertiary/aromatic N) is 3. The van der Waals surface area contributed by atoms with Crippen molar-refractivity contribution in [1.82, 2.24) is 20.1 Å². The number of aromatic nitrogens is 3. The summed E-state index contributed by atoms with van der Waals surface area (Å²) in [5.41, 5.74) is 1.56. The SMILES string of the molecule is C[C@@H](NC(=O)CSc1nnc(Cc2ccccc2)n1C)C12CC3CC(CC(C3)C1)C2. The quantitative estimate of drug-likeness (QED) is 0.676. The molecule has 2 aromatic rings. The van der Waals surface area contributed by atoms with E-state index >= 15 is 0 Å². The van der Waals surface area contributed by atoms with E-state index in [0.717, 1.165) is 35.2 Å². The van der Waals surface area contributed by atoms with Gasteiger partial charge in [-0.05, 0) is 74.2 Å². The van der Waals surface area contributed by atoms with Crippen LogP contribution in [0.15, 0.2) is 35.5 Å². The van der Waals surface area contributed by atoms with E-state index in [0.29, 0.717) is 11.2 Å². The van der Waals surface area contributed by atoms with Crippen LogP contribution in [0.1, 0.15) is 56.8 Å². The van der Waals surface area contributed by atoms with E-state index in [1.54, 1.807) is 0 Å². The van der Waals surface area contributed by atoms with E-state index in [-0.39, 0.29) is 11.9 Å². The fraction of sp³-hybridized carbons (Fsp3) is 0.625. The molecule has 4 bridgehead atoms. The standard InChI is InChI=1S/C24H32N4OS/c1-16(24-12-18-8-19(13-24)10-20(9-18)14-24)25-22(29)15-30-23-27-26-21(28(23)2)11-17-6-4-3-5-7-17/h3-7,16,18-20H,8-15H2,1-2H3,(H,25,29)/t16-,18?,19?,20?,24?/m1/s1. The number of benzene rings is 1. The van der Waals surface area contributed by atoms with Gasteiger partial charge in [0.25, 0.3) is 0 Å². The van der Waals surface area contributed by atoms with Gasteiger partial charge in [0.05, 0.1) is 5.75 Å². The van der Waals surface area contributed by atoms with Gasteiger partial charge >= 0.3 is 0 Å². The number of rotatable bonds is 7. The molecule has 1 N–H and O–H groups in total. The maximum Gasteiger partial charge on any atom is 0.230 e. The Bertz CT molecular complexity index is 874. The Morgan fingerprint density at radius 1 is 1.13 bits per heavy atom. The molecular weight excluding hydrogens is 392 g/mol. The second-order valence-electron chi connectivity index (χ2n) is 9.98. The van der Waals surface area contributed by atoms with Crippen LogP contribution in [0.4, 0.5) is 0 Å². The van der Waals surface area contributed by atoms with Gasteiger partial charge in [0.15, 0.2) is 5.16 Å². The Labute approximate surface area is 183 Å². The lowest BCUT2D eigenvalue weighted by Gasteiger charge is -2.59. The molecule has 6 rings (SSSR count). The number of carbonyl (C=O) groups excluding carboxylic acids is 1. The third kappa shape index (κ3) is 3.91. The largest absolute Gasteiger partial charge is 0.352 e. The first-order valence-electron chi connectivity index (χ1n) is 11.3. The molecule has 0 saturated heterocycles. The molecule has 1 aromatic heterocycles. The fourth-order valence-electron chi connectivity index (χ4n) is 6.68. The van der Waals surface area contributed by atoms with E-state index in [4.69, 9.17) is 0 Å². The highest BCUT2D eigenvalue weighted by Gasteiger charge is 2.53. The lowest BCUT2D eigenvalue weighted by atomic mass is 9.48. The number of hydrogen-bond acceptors (Lipinski definition) is 4. The molecule has 160 valence electrons. The number of amides is 1. The third-order valence-corrected chi connectivity index (χ3v) is 8.86. The van der Waals surface area contributed by atoms with E-state index in [1.807, 2.05) is 29.8 Å².